The molecule has 1 saturated heterocycles. The summed E-state index contributed by atoms with van der Waals surface area (Å²) in [5, 5.41) is 0. The van der Waals surface area contributed by atoms with Crippen molar-refractivity contribution in [2.24, 2.45) is 5.73 Å². The van der Waals surface area contributed by atoms with Crippen LogP contribution in [0.2, 0.25) is 0 Å². The highest BCUT2D eigenvalue weighted by atomic mass is 16.5. The number of piperidine rings is 1. The minimum absolute atomic E-state index is 0.441. The SMILES string of the molecule is CN1CCC(OCCC#CN)CC1. The van der Waals surface area contributed by atoms with Gasteiger partial charge in [0.15, 0.2) is 0 Å². The summed E-state index contributed by atoms with van der Waals surface area (Å²) in [5.41, 5.74) is 5.04. The lowest BCUT2D eigenvalue weighted by Gasteiger charge is -2.28. The Kier molecular flexibility index (Phi) is 4.66. The zero-order valence-corrected chi connectivity index (χ0v) is 8.25. The molecule has 0 saturated carbocycles. The number of rotatable bonds is 3. The molecule has 0 amide bonds. The van der Waals surface area contributed by atoms with Crippen LogP contribution >= 0.6 is 0 Å². The van der Waals surface area contributed by atoms with Gasteiger partial charge < -0.3 is 15.4 Å². The first-order chi connectivity index (χ1) is 6.33. The summed E-state index contributed by atoms with van der Waals surface area (Å²) in [4.78, 5) is 2.33. The van der Waals surface area contributed by atoms with Gasteiger partial charge in [-0.2, -0.15) is 0 Å². The van der Waals surface area contributed by atoms with Crippen molar-refractivity contribution in [1.29, 1.82) is 0 Å². The van der Waals surface area contributed by atoms with Gasteiger partial charge in [0.1, 0.15) is 0 Å². The highest BCUT2D eigenvalue weighted by Gasteiger charge is 2.16. The molecule has 0 aromatic carbocycles. The molecule has 0 aromatic heterocycles. The molecule has 0 radical (unpaired) electrons. The molecule has 0 unspecified atom stereocenters. The van der Waals surface area contributed by atoms with Crippen molar-refractivity contribution in [2.45, 2.75) is 25.4 Å². The van der Waals surface area contributed by atoms with Crippen LogP contribution in [0.1, 0.15) is 19.3 Å². The van der Waals surface area contributed by atoms with E-state index < -0.39 is 0 Å². The van der Waals surface area contributed by atoms with Crippen LogP contribution in [-0.2, 0) is 4.74 Å². The fourth-order valence-corrected chi connectivity index (χ4v) is 1.50. The zero-order valence-electron chi connectivity index (χ0n) is 8.25. The Balaban J connectivity index is 2.04. The van der Waals surface area contributed by atoms with Crippen molar-refractivity contribution in [1.82, 2.24) is 4.90 Å². The van der Waals surface area contributed by atoms with Gasteiger partial charge in [0.25, 0.3) is 0 Å². The normalized spacial score (nSPS) is 19.5. The van der Waals surface area contributed by atoms with Crippen LogP contribution in [0.5, 0.6) is 0 Å². The third-order valence-electron chi connectivity index (χ3n) is 2.35. The second-order valence-electron chi connectivity index (χ2n) is 3.44. The van der Waals surface area contributed by atoms with Crippen LogP contribution in [-0.4, -0.2) is 37.7 Å². The first kappa shape index (κ1) is 10.4. The Hall–Kier alpha value is -0.720. The van der Waals surface area contributed by atoms with Gasteiger partial charge in [-0.15, -0.1) is 0 Å². The molecular formula is C10H18N2O. The van der Waals surface area contributed by atoms with Gasteiger partial charge in [0.2, 0.25) is 0 Å². The van der Waals surface area contributed by atoms with E-state index in [0.29, 0.717) is 6.10 Å². The van der Waals surface area contributed by atoms with E-state index in [0.717, 1.165) is 39.0 Å². The van der Waals surface area contributed by atoms with Crippen LogP contribution < -0.4 is 5.73 Å². The van der Waals surface area contributed by atoms with Gasteiger partial charge in [-0.3, -0.25) is 0 Å². The van der Waals surface area contributed by atoms with E-state index >= 15 is 0 Å². The lowest BCUT2D eigenvalue weighted by molar-refractivity contribution is 0.0155. The van der Waals surface area contributed by atoms with Crippen molar-refractivity contribution in [3.63, 3.8) is 0 Å². The fraction of sp³-hybridized carbons (Fsp3) is 0.800. The predicted octanol–water partition coefficient (Wildman–Crippen LogP) is 0.407. The van der Waals surface area contributed by atoms with Crippen LogP contribution in [0, 0.1) is 12.0 Å². The van der Waals surface area contributed by atoms with Gasteiger partial charge in [-0.05, 0) is 19.9 Å². The molecule has 2 N–H and O–H groups in total. The van der Waals surface area contributed by atoms with E-state index in [1.807, 2.05) is 0 Å². The Morgan fingerprint density at radius 1 is 1.46 bits per heavy atom. The first-order valence-electron chi connectivity index (χ1n) is 4.81. The van der Waals surface area contributed by atoms with E-state index in [2.05, 4.69) is 23.9 Å². The van der Waals surface area contributed by atoms with Gasteiger partial charge in [-0.1, -0.05) is 5.92 Å². The molecule has 13 heavy (non-hydrogen) atoms. The Bertz CT molecular complexity index is 187. The molecule has 1 aliphatic rings. The summed E-state index contributed by atoms with van der Waals surface area (Å²) in [5.74, 6) is 2.79. The highest BCUT2D eigenvalue weighted by Crippen LogP contribution is 2.11. The van der Waals surface area contributed by atoms with Gasteiger partial charge >= 0.3 is 0 Å². The van der Waals surface area contributed by atoms with Crippen molar-refractivity contribution in [3.05, 3.63) is 0 Å². The molecule has 3 nitrogen and oxygen atoms in total. The average Bonchev–Trinajstić information content (AvgIpc) is 2.15. The van der Waals surface area contributed by atoms with Gasteiger partial charge in [0.05, 0.1) is 12.7 Å². The van der Waals surface area contributed by atoms with Crippen molar-refractivity contribution in [3.8, 4) is 12.0 Å². The largest absolute Gasteiger partial charge is 0.377 e. The maximum atomic E-state index is 5.65. The van der Waals surface area contributed by atoms with Crippen LogP contribution in [0.25, 0.3) is 0 Å². The standard InChI is InChI=1S/C10H18N2O/c1-12-7-4-10(5-8-12)13-9-3-2-6-11/h10H,3-5,7-9,11H2,1H3. The molecule has 1 rings (SSSR count). The second-order valence-corrected chi connectivity index (χ2v) is 3.44. The molecule has 0 aromatic rings. The second kappa shape index (κ2) is 5.85. The summed E-state index contributed by atoms with van der Waals surface area (Å²) in [6.07, 6.45) is 3.48. The number of nitrogens with two attached hydrogens (primary N) is 1. The van der Waals surface area contributed by atoms with Crippen molar-refractivity contribution in [2.75, 3.05) is 26.7 Å². The molecule has 0 bridgehead atoms. The Morgan fingerprint density at radius 3 is 2.77 bits per heavy atom. The molecule has 0 atom stereocenters. The molecular weight excluding hydrogens is 164 g/mol. The fourth-order valence-electron chi connectivity index (χ4n) is 1.50. The maximum Gasteiger partial charge on any atom is 0.0600 e. The summed E-state index contributed by atoms with van der Waals surface area (Å²) in [6.45, 7) is 3.01. The van der Waals surface area contributed by atoms with E-state index in [4.69, 9.17) is 10.5 Å². The number of ether oxygens (including phenoxy) is 1. The molecule has 1 fully saturated rings. The Morgan fingerprint density at radius 2 is 2.15 bits per heavy atom. The molecule has 74 valence electrons. The van der Waals surface area contributed by atoms with Crippen molar-refractivity contribution >= 4 is 0 Å². The lowest BCUT2D eigenvalue weighted by Crippen LogP contribution is -2.34. The molecule has 3 heteroatoms. The van der Waals surface area contributed by atoms with Crippen LogP contribution in [0.3, 0.4) is 0 Å². The minimum atomic E-state index is 0.441. The van der Waals surface area contributed by atoms with Gasteiger partial charge in [-0.25, -0.2) is 0 Å². The third kappa shape index (κ3) is 4.16. The van der Waals surface area contributed by atoms with Crippen LogP contribution in [0.15, 0.2) is 0 Å². The molecule has 0 aliphatic carbocycles. The lowest BCUT2D eigenvalue weighted by atomic mass is 10.1. The molecule has 1 heterocycles. The third-order valence-corrected chi connectivity index (χ3v) is 2.35. The molecule has 0 spiro atoms. The topological polar surface area (TPSA) is 38.5 Å². The predicted molar refractivity (Wildman–Crippen MR) is 53.1 cm³/mol. The zero-order chi connectivity index (χ0) is 9.52. The summed E-state index contributed by atoms with van der Waals surface area (Å²) < 4.78 is 5.65. The quantitative estimate of drug-likeness (QED) is 0.390. The smallest absolute Gasteiger partial charge is 0.0600 e. The Labute approximate surface area is 80.2 Å². The summed E-state index contributed by atoms with van der Waals surface area (Å²) in [7, 11) is 2.15. The number of nitrogens with zero attached hydrogens (tertiary/aromatic N) is 1. The first-order valence-corrected chi connectivity index (χ1v) is 4.81. The van der Waals surface area contributed by atoms with E-state index in [1.165, 1.54) is 0 Å². The van der Waals surface area contributed by atoms with E-state index in [-0.39, 0.29) is 0 Å². The monoisotopic (exact) mass is 182 g/mol. The van der Waals surface area contributed by atoms with Gasteiger partial charge in [0, 0.05) is 25.6 Å². The number of likely N-dealkylation sites (tertiary alicyclic amines) is 1. The average molecular weight is 182 g/mol. The van der Waals surface area contributed by atoms with Crippen LogP contribution in [0.4, 0.5) is 0 Å². The van der Waals surface area contributed by atoms with Crippen molar-refractivity contribution < 1.29 is 4.74 Å². The summed E-state index contributed by atoms with van der Waals surface area (Å²) in [6, 6.07) is 2.37. The number of hydrogen-bond donors (Lipinski definition) is 1. The highest BCUT2D eigenvalue weighted by molar-refractivity contribution is 4.93. The van der Waals surface area contributed by atoms with E-state index in [9.17, 15) is 0 Å². The maximum absolute atomic E-state index is 5.65. The minimum Gasteiger partial charge on any atom is -0.377 e. The summed E-state index contributed by atoms with van der Waals surface area (Å²) >= 11 is 0. The number of hydrogen-bond acceptors (Lipinski definition) is 3. The van der Waals surface area contributed by atoms with E-state index in [1.54, 1.807) is 0 Å². The molecule has 1 aliphatic heterocycles.